The number of fused-ring (bicyclic) bond motifs is 1. The van der Waals surface area contributed by atoms with Crippen molar-refractivity contribution in [3.05, 3.63) is 39.8 Å². The topological polar surface area (TPSA) is 101 Å². The first-order valence-corrected chi connectivity index (χ1v) is 7.76. The molecule has 0 radical (unpaired) electrons. The molecule has 0 unspecified atom stereocenters. The van der Waals surface area contributed by atoms with Gasteiger partial charge in [0.25, 0.3) is 5.56 Å². The highest BCUT2D eigenvalue weighted by atomic mass is 16.5. The number of aryl methyl sites for hydroxylation is 1. The Labute approximate surface area is 139 Å². The largest absolute Gasteiger partial charge is 0.462 e. The zero-order chi connectivity index (χ0) is 17.9. The molecule has 0 aliphatic carbocycles. The fourth-order valence-electron chi connectivity index (χ4n) is 2.50. The second kappa shape index (κ2) is 7.16. The van der Waals surface area contributed by atoms with Crippen molar-refractivity contribution in [1.82, 2.24) is 4.57 Å². The molecular formula is C17H20N2O5. The summed E-state index contributed by atoms with van der Waals surface area (Å²) in [6.45, 7) is 5.90. The molecule has 7 nitrogen and oxygen atoms in total. The molecule has 0 aliphatic heterocycles. The number of aromatic nitrogens is 1. The Morgan fingerprint density at radius 2 is 1.62 bits per heavy atom. The van der Waals surface area contributed by atoms with Crippen LogP contribution in [0.15, 0.2) is 23.1 Å². The fraction of sp³-hybridized carbons (Fsp3) is 0.353. The number of rotatable bonds is 5. The van der Waals surface area contributed by atoms with Crippen LogP contribution in [0, 0.1) is 0 Å². The van der Waals surface area contributed by atoms with Gasteiger partial charge in [-0.1, -0.05) is 6.07 Å². The van der Waals surface area contributed by atoms with Crippen LogP contribution in [0.25, 0.3) is 10.8 Å². The van der Waals surface area contributed by atoms with E-state index >= 15 is 0 Å². The molecule has 0 bridgehead atoms. The van der Waals surface area contributed by atoms with Crippen LogP contribution in [0.4, 0.5) is 5.69 Å². The predicted molar refractivity (Wildman–Crippen MR) is 90.2 cm³/mol. The predicted octanol–water partition coefficient (Wildman–Crippen LogP) is 1.96. The third-order valence-electron chi connectivity index (χ3n) is 3.63. The van der Waals surface area contributed by atoms with E-state index in [4.69, 9.17) is 15.2 Å². The minimum absolute atomic E-state index is 0.00398. The quantitative estimate of drug-likeness (QED) is 0.663. The highest BCUT2D eigenvalue weighted by Crippen LogP contribution is 2.26. The molecule has 0 fully saturated rings. The smallest absolute Gasteiger partial charge is 0.340 e. The number of ether oxygens (including phenoxy) is 2. The Morgan fingerprint density at radius 3 is 2.17 bits per heavy atom. The van der Waals surface area contributed by atoms with E-state index in [0.717, 1.165) is 0 Å². The SMILES string of the molecule is CCOC(=O)c1ccc2c(C(=O)OCC)cn(CC)c(=O)c2c1N. The minimum atomic E-state index is -0.610. The maximum Gasteiger partial charge on any atom is 0.340 e. The molecule has 1 heterocycles. The van der Waals surface area contributed by atoms with Gasteiger partial charge in [-0.3, -0.25) is 4.79 Å². The van der Waals surface area contributed by atoms with Crippen molar-refractivity contribution in [2.75, 3.05) is 18.9 Å². The van der Waals surface area contributed by atoms with Crippen LogP contribution in [0.5, 0.6) is 0 Å². The molecule has 0 spiro atoms. The van der Waals surface area contributed by atoms with Gasteiger partial charge in [0, 0.05) is 18.1 Å². The van der Waals surface area contributed by atoms with Gasteiger partial charge in [0.2, 0.25) is 0 Å². The Hall–Kier alpha value is -2.83. The molecule has 0 saturated heterocycles. The van der Waals surface area contributed by atoms with E-state index in [1.165, 1.54) is 22.9 Å². The lowest BCUT2D eigenvalue weighted by Gasteiger charge is -2.13. The minimum Gasteiger partial charge on any atom is -0.462 e. The number of nitrogens with two attached hydrogens (primary N) is 1. The van der Waals surface area contributed by atoms with E-state index in [9.17, 15) is 14.4 Å². The molecule has 1 aromatic heterocycles. The average molecular weight is 332 g/mol. The normalized spacial score (nSPS) is 10.6. The molecular weight excluding hydrogens is 312 g/mol. The van der Waals surface area contributed by atoms with Crippen LogP contribution in [0.3, 0.4) is 0 Å². The summed E-state index contributed by atoms with van der Waals surface area (Å²) in [7, 11) is 0. The molecule has 0 atom stereocenters. The maximum atomic E-state index is 12.6. The van der Waals surface area contributed by atoms with Crippen LogP contribution in [-0.4, -0.2) is 29.7 Å². The number of carbonyl (C=O) groups excluding carboxylic acids is 2. The molecule has 24 heavy (non-hydrogen) atoms. The standard InChI is InChI=1S/C17H20N2O5/c1-4-19-9-12(17(22)24-6-3)10-7-8-11(16(21)23-5-2)14(18)13(10)15(19)20/h7-9H,4-6,18H2,1-3H3. The third kappa shape index (κ3) is 2.97. The fourth-order valence-corrected chi connectivity index (χ4v) is 2.50. The van der Waals surface area contributed by atoms with Gasteiger partial charge < -0.3 is 19.8 Å². The number of hydrogen-bond acceptors (Lipinski definition) is 6. The third-order valence-corrected chi connectivity index (χ3v) is 3.63. The van der Waals surface area contributed by atoms with Crippen LogP contribution < -0.4 is 11.3 Å². The Balaban J connectivity index is 2.82. The number of pyridine rings is 1. The first-order valence-electron chi connectivity index (χ1n) is 7.76. The summed E-state index contributed by atoms with van der Waals surface area (Å²) >= 11 is 0. The maximum absolute atomic E-state index is 12.6. The van der Waals surface area contributed by atoms with Crippen molar-refractivity contribution in [2.24, 2.45) is 0 Å². The van der Waals surface area contributed by atoms with E-state index in [1.54, 1.807) is 20.8 Å². The van der Waals surface area contributed by atoms with E-state index < -0.39 is 11.9 Å². The van der Waals surface area contributed by atoms with Gasteiger partial charge in [0.1, 0.15) is 0 Å². The zero-order valence-electron chi connectivity index (χ0n) is 13.9. The van der Waals surface area contributed by atoms with Crippen LogP contribution in [0.1, 0.15) is 41.5 Å². The summed E-state index contributed by atoms with van der Waals surface area (Å²) in [4.78, 5) is 36.8. The van der Waals surface area contributed by atoms with Gasteiger partial charge in [-0.05, 0) is 26.8 Å². The van der Waals surface area contributed by atoms with Gasteiger partial charge in [-0.15, -0.1) is 0 Å². The van der Waals surface area contributed by atoms with Gasteiger partial charge in [0.05, 0.1) is 35.4 Å². The lowest BCUT2D eigenvalue weighted by Crippen LogP contribution is -2.23. The van der Waals surface area contributed by atoms with Crippen molar-refractivity contribution in [3.63, 3.8) is 0 Å². The molecule has 7 heteroatoms. The average Bonchev–Trinajstić information content (AvgIpc) is 2.55. The summed E-state index contributed by atoms with van der Waals surface area (Å²) in [5.41, 5.74) is 6.02. The Bertz CT molecular complexity index is 854. The van der Waals surface area contributed by atoms with Crippen molar-refractivity contribution in [1.29, 1.82) is 0 Å². The summed E-state index contributed by atoms with van der Waals surface area (Å²) in [6, 6.07) is 2.97. The van der Waals surface area contributed by atoms with E-state index in [1.807, 2.05) is 0 Å². The van der Waals surface area contributed by atoms with Gasteiger partial charge >= 0.3 is 11.9 Å². The van der Waals surface area contributed by atoms with Crippen molar-refractivity contribution in [2.45, 2.75) is 27.3 Å². The monoisotopic (exact) mass is 332 g/mol. The first kappa shape index (κ1) is 17.5. The number of esters is 2. The molecule has 2 aromatic rings. The molecule has 0 saturated carbocycles. The summed E-state index contributed by atoms with van der Waals surface area (Å²) in [5, 5.41) is 0.474. The number of anilines is 1. The van der Waals surface area contributed by atoms with E-state index in [0.29, 0.717) is 11.9 Å². The summed E-state index contributed by atoms with van der Waals surface area (Å²) in [6.07, 6.45) is 1.45. The Kier molecular flexibility index (Phi) is 5.23. The second-order valence-corrected chi connectivity index (χ2v) is 5.02. The molecule has 0 aliphatic rings. The van der Waals surface area contributed by atoms with Gasteiger partial charge in [-0.2, -0.15) is 0 Å². The summed E-state index contributed by atoms with van der Waals surface area (Å²) in [5.74, 6) is -1.16. The first-order chi connectivity index (χ1) is 11.5. The molecule has 2 N–H and O–H groups in total. The number of nitrogen functional groups attached to an aromatic ring is 1. The molecule has 128 valence electrons. The summed E-state index contributed by atoms with van der Waals surface area (Å²) < 4.78 is 11.4. The number of carbonyl (C=O) groups is 2. The second-order valence-electron chi connectivity index (χ2n) is 5.02. The van der Waals surface area contributed by atoms with E-state index in [-0.39, 0.29) is 41.0 Å². The molecule has 1 aromatic carbocycles. The van der Waals surface area contributed by atoms with Crippen molar-refractivity contribution < 1.29 is 19.1 Å². The van der Waals surface area contributed by atoms with Gasteiger partial charge in [-0.25, -0.2) is 9.59 Å². The van der Waals surface area contributed by atoms with Crippen LogP contribution >= 0.6 is 0 Å². The van der Waals surface area contributed by atoms with Crippen molar-refractivity contribution in [3.8, 4) is 0 Å². The zero-order valence-corrected chi connectivity index (χ0v) is 13.9. The van der Waals surface area contributed by atoms with E-state index in [2.05, 4.69) is 0 Å². The highest BCUT2D eigenvalue weighted by molar-refractivity contribution is 6.11. The highest BCUT2D eigenvalue weighted by Gasteiger charge is 2.21. The number of hydrogen-bond donors (Lipinski definition) is 1. The lowest BCUT2D eigenvalue weighted by molar-refractivity contribution is 0.0519. The van der Waals surface area contributed by atoms with Crippen LogP contribution in [0.2, 0.25) is 0 Å². The number of benzene rings is 1. The van der Waals surface area contributed by atoms with Gasteiger partial charge in [0.15, 0.2) is 0 Å². The van der Waals surface area contributed by atoms with Crippen molar-refractivity contribution >= 4 is 28.4 Å². The Morgan fingerprint density at radius 1 is 1.04 bits per heavy atom. The molecule has 0 amide bonds. The lowest BCUT2D eigenvalue weighted by atomic mass is 10.0. The molecule has 2 rings (SSSR count). The number of nitrogens with zero attached hydrogens (tertiary/aromatic N) is 1. The van der Waals surface area contributed by atoms with Crippen LogP contribution in [-0.2, 0) is 16.0 Å².